The minimum absolute atomic E-state index is 0.0569. The molecule has 1 fully saturated rings. The Morgan fingerprint density at radius 3 is 2.71 bits per heavy atom. The molecular formula is C19H28F3N3O3. The van der Waals surface area contributed by atoms with Crippen LogP contribution < -0.4 is 14.8 Å². The summed E-state index contributed by atoms with van der Waals surface area (Å²) < 4.78 is 52.3. The van der Waals surface area contributed by atoms with Crippen LogP contribution in [0.4, 0.5) is 13.2 Å². The molecule has 158 valence electrons. The molecule has 1 saturated heterocycles. The largest absolute Gasteiger partial charge is 0.493 e. The molecule has 0 amide bonds. The molecule has 0 spiro atoms. The van der Waals surface area contributed by atoms with Gasteiger partial charge in [0.15, 0.2) is 24.1 Å². The zero-order valence-corrected chi connectivity index (χ0v) is 16.5. The van der Waals surface area contributed by atoms with Crippen molar-refractivity contribution in [1.82, 2.24) is 10.2 Å². The predicted molar refractivity (Wildman–Crippen MR) is 101 cm³/mol. The van der Waals surface area contributed by atoms with E-state index in [0.717, 1.165) is 44.2 Å². The first-order valence-electron chi connectivity index (χ1n) is 9.25. The van der Waals surface area contributed by atoms with Crippen LogP contribution in [0.15, 0.2) is 23.2 Å². The van der Waals surface area contributed by atoms with Crippen molar-refractivity contribution >= 4 is 5.96 Å². The van der Waals surface area contributed by atoms with Crippen LogP contribution >= 0.6 is 0 Å². The molecule has 1 N–H and O–H groups in total. The van der Waals surface area contributed by atoms with Gasteiger partial charge < -0.3 is 24.4 Å². The molecule has 6 nitrogen and oxygen atoms in total. The van der Waals surface area contributed by atoms with E-state index in [2.05, 4.69) is 15.2 Å². The third-order valence-corrected chi connectivity index (χ3v) is 4.35. The van der Waals surface area contributed by atoms with E-state index in [4.69, 9.17) is 14.2 Å². The van der Waals surface area contributed by atoms with Gasteiger partial charge in [-0.2, -0.15) is 13.2 Å². The van der Waals surface area contributed by atoms with Crippen LogP contribution in [0, 0.1) is 5.92 Å². The molecular weight excluding hydrogens is 375 g/mol. The van der Waals surface area contributed by atoms with Gasteiger partial charge in [0.2, 0.25) is 0 Å². The minimum Gasteiger partial charge on any atom is -0.493 e. The lowest BCUT2D eigenvalue weighted by Gasteiger charge is -2.21. The maximum Gasteiger partial charge on any atom is 0.422 e. The van der Waals surface area contributed by atoms with Crippen molar-refractivity contribution in [2.24, 2.45) is 10.9 Å². The number of halogens is 3. The number of guanidine groups is 1. The van der Waals surface area contributed by atoms with E-state index in [0.29, 0.717) is 12.5 Å². The summed E-state index contributed by atoms with van der Waals surface area (Å²) >= 11 is 0. The lowest BCUT2D eigenvalue weighted by Crippen LogP contribution is -2.40. The van der Waals surface area contributed by atoms with Crippen LogP contribution in [0.5, 0.6) is 11.5 Å². The van der Waals surface area contributed by atoms with E-state index in [1.165, 1.54) is 13.2 Å². The van der Waals surface area contributed by atoms with Crippen molar-refractivity contribution in [3.8, 4) is 11.5 Å². The number of nitrogens with zero attached hydrogens (tertiary/aromatic N) is 2. The number of nitrogens with one attached hydrogen (secondary N) is 1. The van der Waals surface area contributed by atoms with Crippen molar-refractivity contribution in [2.45, 2.75) is 26.1 Å². The van der Waals surface area contributed by atoms with Gasteiger partial charge in [0.25, 0.3) is 0 Å². The maximum atomic E-state index is 12.4. The predicted octanol–water partition coefficient (Wildman–Crippen LogP) is 3.07. The molecule has 2 rings (SSSR count). The minimum atomic E-state index is -4.40. The normalized spacial score (nSPS) is 17.7. The summed E-state index contributed by atoms with van der Waals surface area (Å²) in [6.07, 6.45) is -3.34. The third-order valence-electron chi connectivity index (χ3n) is 4.35. The van der Waals surface area contributed by atoms with E-state index >= 15 is 0 Å². The maximum absolute atomic E-state index is 12.4. The van der Waals surface area contributed by atoms with Crippen LogP contribution in [0.25, 0.3) is 0 Å². The molecule has 1 aliphatic rings. The van der Waals surface area contributed by atoms with Crippen molar-refractivity contribution in [2.75, 3.05) is 47.1 Å². The first-order valence-corrected chi connectivity index (χ1v) is 9.25. The number of likely N-dealkylation sites (tertiary alicyclic amines) is 1. The molecule has 0 aliphatic carbocycles. The van der Waals surface area contributed by atoms with Crippen molar-refractivity contribution in [3.63, 3.8) is 0 Å². The van der Waals surface area contributed by atoms with Gasteiger partial charge in [-0.1, -0.05) is 6.07 Å². The Morgan fingerprint density at radius 2 is 2.07 bits per heavy atom. The fourth-order valence-electron chi connectivity index (χ4n) is 3.08. The second-order valence-electron chi connectivity index (χ2n) is 6.62. The Labute approximate surface area is 163 Å². The molecule has 1 aromatic rings. The number of hydrogen-bond acceptors (Lipinski definition) is 4. The Hall–Kier alpha value is -2.16. The smallest absolute Gasteiger partial charge is 0.422 e. The number of methoxy groups -OCH3 is 2. The molecule has 0 bridgehead atoms. The van der Waals surface area contributed by atoms with Crippen LogP contribution in [0.3, 0.4) is 0 Å². The summed E-state index contributed by atoms with van der Waals surface area (Å²) in [5.74, 6) is 1.61. The zero-order chi connectivity index (χ0) is 20.6. The zero-order valence-electron chi connectivity index (χ0n) is 16.5. The number of alkyl halides is 3. The molecule has 1 aliphatic heterocycles. The van der Waals surface area contributed by atoms with Crippen LogP contribution in [0.2, 0.25) is 0 Å². The molecule has 0 saturated carbocycles. The van der Waals surface area contributed by atoms with E-state index in [-0.39, 0.29) is 11.5 Å². The fraction of sp³-hybridized carbons (Fsp3) is 0.632. The van der Waals surface area contributed by atoms with E-state index < -0.39 is 12.8 Å². The molecule has 0 radical (unpaired) electrons. The number of rotatable bonds is 8. The highest BCUT2D eigenvalue weighted by molar-refractivity contribution is 5.80. The van der Waals surface area contributed by atoms with Gasteiger partial charge in [0.1, 0.15) is 0 Å². The number of aliphatic imine (C=N–C) groups is 1. The fourth-order valence-corrected chi connectivity index (χ4v) is 3.08. The topological polar surface area (TPSA) is 55.3 Å². The highest BCUT2D eigenvalue weighted by atomic mass is 19.4. The Morgan fingerprint density at radius 1 is 1.29 bits per heavy atom. The monoisotopic (exact) mass is 403 g/mol. The molecule has 1 aromatic carbocycles. The quantitative estimate of drug-likeness (QED) is 0.534. The summed E-state index contributed by atoms with van der Waals surface area (Å²) in [6, 6.07) is 4.82. The molecule has 9 heteroatoms. The second-order valence-corrected chi connectivity index (χ2v) is 6.62. The van der Waals surface area contributed by atoms with Gasteiger partial charge >= 0.3 is 6.18 Å². The third kappa shape index (κ3) is 6.78. The summed E-state index contributed by atoms with van der Waals surface area (Å²) in [4.78, 5) is 6.86. The van der Waals surface area contributed by atoms with Gasteiger partial charge in [-0.3, -0.25) is 0 Å². The van der Waals surface area contributed by atoms with Crippen LogP contribution in [-0.4, -0.2) is 64.1 Å². The SMILES string of the molecule is CCNC(=NCc1ccc(OCC(F)(F)F)c(OC)c1)N1CCC(COC)C1. The van der Waals surface area contributed by atoms with Crippen LogP contribution in [0.1, 0.15) is 18.9 Å². The van der Waals surface area contributed by atoms with Gasteiger partial charge in [0.05, 0.1) is 20.3 Å². The summed E-state index contributed by atoms with van der Waals surface area (Å²) in [5.41, 5.74) is 0.819. The Bertz CT molecular complexity index is 653. The summed E-state index contributed by atoms with van der Waals surface area (Å²) in [5, 5.41) is 3.29. The van der Waals surface area contributed by atoms with Gasteiger partial charge in [0, 0.05) is 32.7 Å². The molecule has 28 heavy (non-hydrogen) atoms. The van der Waals surface area contributed by atoms with Crippen molar-refractivity contribution in [3.05, 3.63) is 23.8 Å². The van der Waals surface area contributed by atoms with Gasteiger partial charge in [-0.05, 0) is 31.0 Å². The molecule has 1 unspecified atom stereocenters. The Balaban J connectivity index is 2.05. The first-order chi connectivity index (χ1) is 13.4. The number of hydrogen-bond donors (Lipinski definition) is 1. The average molecular weight is 403 g/mol. The van der Waals surface area contributed by atoms with Crippen molar-refractivity contribution in [1.29, 1.82) is 0 Å². The lowest BCUT2D eigenvalue weighted by molar-refractivity contribution is -0.153. The van der Waals surface area contributed by atoms with E-state index in [1.54, 1.807) is 19.2 Å². The summed E-state index contributed by atoms with van der Waals surface area (Å²) in [7, 11) is 3.10. The molecule has 0 aromatic heterocycles. The first kappa shape index (κ1) is 22.1. The van der Waals surface area contributed by atoms with Crippen LogP contribution in [-0.2, 0) is 11.3 Å². The second kappa shape index (κ2) is 10.4. The van der Waals surface area contributed by atoms with Gasteiger partial charge in [-0.15, -0.1) is 0 Å². The average Bonchev–Trinajstić information content (AvgIpc) is 3.11. The highest BCUT2D eigenvalue weighted by Crippen LogP contribution is 2.30. The summed E-state index contributed by atoms with van der Waals surface area (Å²) in [6.45, 7) is 4.30. The molecule has 1 heterocycles. The molecule has 1 atom stereocenters. The highest BCUT2D eigenvalue weighted by Gasteiger charge is 2.29. The number of benzene rings is 1. The van der Waals surface area contributed by atoms with Crippen molar-refractivity contribution < 1.29 is 27.4 Å². The van der Waals surface area contributed by atoms with Gasteiger partial charge in [-0.25, -0.2) is 4.99 Å². The standard InChI is InChI=1S/C19H28F3N3O3/c1-4-23-18(25-8-7-15(11-25)12-26-2)24-10-14-5-6-16(17(9-14)27-3)28-13-19(20,21)22/h5-6,9,15H,4,7-8,10-13H2,1-3H3,(H,23,24). The lowest BCUT2D eigenvalue weighted by atomic mass is 10.1. The van der Waals surface area contributed by atoms with E-state index in [9.17, 15) is 13.2 Å². The van der Waals surface area contributed by atoms with E-state index in [1.807, 2.05) is 6.92 Å². The Kier molecular flexibility index (Phi) is 8.22. The number of ether oxygens (including phenoxy) is 3.